The first-order chi connectivity index (χ1) is 6.24. The molecule has 0 atom stereocenters. The van der Waals surface area contributed by atoms with Gasteiger partial charge in [-0.25, -0.2) is 4.98 Å². The zero-order valence-electron chi connectivity index (χ0n) is 7.16. The van der Waals surface area contributed by atoms with E-state index in [1.54, 1.807) is 12.3 Å². The predicted octanol–water partition coefficient (Wildman–Crippen LogP) is -0.563. The second-order valence-electron chi connectivity index (χ2n) is 2.54. The van der Waals surface area contributed by atoms with Crippen molar-refractivity contribution in [2.24, 2.45) is 11.5 Å². The third-order valence-electron chi connectivity index (χ3n) is 1.54. The van der Waals surface area contributed by atoms with E-state index >= 15 is 0 Å². The van der Waals surface area contributed by atoms with E-state index in [0.29, 0.717) is 12.4 Å². The normalized spacial score (nSPS) is 9.62. The maximum absolute atomic E-state index is 10.5. The molecule has 0 aliphatic rings. The van der Waals surface area contributed by atoms with Crippen molar-refractivity contribution < 1.29 is 4.79 Å². The van der Waals surface area contributed by atoms with Crippen LogP contribution in [-0.2, 0) is 11.3 Å². The molecule has 0 fully saturated rings. The number of nitrogens with zero attached hydrogens (tertiary/aromatic N) is 1. The van der Waals surface area contributed by atoms with Gasteiger partial charge in [-0.1, -0.05) is 6.07 Å². The molecule has 5 heteroatoms. The van der Waals surface area contributed by atoms with Gasteiger partial charge in [0.2, 0.25) is 5.91 Å². The molecule has 1 aromatic heterocycles. The molecule has 1 heterocycles. The number of rotatable bonds is 4. The number of carbonyl (C=O) groups excluding carboxylic acids is 1. The lowest BCUT2D eigenvalue weighted by molar-refractivity contribution is -0.116. The van der Waals surface area contributed by atoms with Crippen LogP contribution < -0.4 is 16.8 Å². The van der Waals surface area contributed by atoms with Gasteiger partial charge < -0.3 is 16.8 Å². The fraction of sp³-hybridized carbons (Fsp3) is 0.250. The van der Waals surface area contributed by atoms with Crippen molar-refractivity contribution in [1.82, 2.24) is 4.98 Å². The second-order valence-corrected chi connectivity index (χ2v) is 2.54. The van der Waals surface area contributed by atoms with Crippen LogP contribution in [0, 0.1) is 0 Å². The number of nitrogens with one attached hydrogen (secondary N) is 1. The van der Waals surface area contributed by atoms with Gasteiger partial charge >= 0.3 is 0 Å². The number of pyridine rings is 1. The van der Waals surface area contributed by atoms with Crippen molar-refractivity contribution in [3.63, 3.8) is 0 Å². The zero-order chi connectivity index (χ0) is 9.68. The van der Waals surface area contributed by atoms with Gasteiger partial charge in [-0.2, -0.15) is 0 Å². The van der Waals surface area contributed by atoms with Gasteiger partial charge in [-0.05, 0) is 6.07 Å². The van der Waals surface area contributed by atoms with Crippen LogP contribution in [0.25, 0.3) is 0 Å². The van der Waals surface area contributed by atoms with E-state index in [0.717, 1.165) is 5.56 Å². The number of carbonyl (C=O) groups is 1. The monoisotopic (exact) mass is 180 g/mol. The molecule has 0 aliphatic carbocycles. The molecule has 0 unspecified atom stereocenters. The van der Waals surface area contributed by atoms with Gasteiger partial charge in [0.15, 0.2) is 0 Å². The van der Waals surface area contributed by atoms with E-state index in [2.05, 4.69) is 10.3 Å². The number of amides is 1. The van der Waals surface area contributed by atoms with Crippen molar-refractivity contribution in [3.8, 4) is 0 Å². The first kappa shape index (κ1) is 9.47. The second kappa shape index (κ2) is 4.42. The van der Waals surface area contributed by atoms with Crippen molar-refractivity contribution in [2.75, 3.05) is 11.9 Å². The lowest BCUT2D eigenvalue weighted by Crippen LogP contribution is -2.23. The highest BCUT2D eigenvalue weighted by molar-refractivity contribution is 5.78. The van der Waals surface area contributed by atoms with Crippen molar-refractivity contribution >= 4 is 11.7 Å². The van der Waals surface area contributed by atoms with Crippen LogP contribution in [0.5, 0.6) is 0 Å². The van der Waals surface area contributed by atoms with E-state index < -0.39 is 5.91 Å². The molecular weight excluding hydrogens is 168 g/mol. The van der Waals surface area contributed by atoms with Crippen LogP contribution in [0.2, 0.25) is 0 Å². The molecule has 70 valence electrons. The Morgan fingerprint density at radius 3 is 3.00 bits per heavy atom. The van der Waals surface area contributed by atoms with Crippen molar-refractivity contribution in [2.45, 2.75) is 6.54 Å². The van der Waals surface area contributed by atoms with E-state index in [1.165, 1.54) is 0 Å². The summed E-state index contributed by atoms with van der Waals surface area (Å²) in [4.78, 5) is 14.5. The zero-order valence-corrected chi connectivity index (χ0v) is 7.16. The number of anilines is 1. The smallest absolute Gasteiger partial charge is 0.236 e. The summed E-state index contributed by atoms with van der Waals surface area (Å²) in [6, 6.07) is 3.63. The minimum atomic E-state index is -0.423. The minimum Gasteiger partial charge on any atom is -0.368 e. The largest absolute Gasteiger partial charge is 0.368 e. The van der Waals surface area contributed by atoms with Gasteiger partial charge in [0.05, 0.1) is 6.54 Å². The van der Waals surface area contributed by atoms with E-state index in [1.807, 2.05) is 6.07 Å². The van der Waals surface area contributed by atoms with Crippen LogP contribution >= 0.6 is 0 Å². The van der Waals surface area contributed by atoms with Crippen LogP contribution in [0.3, 0.4) is 0 Å². The standard InChI is InChI=1S/C8H12N4O/c9-4-6-2-1-3-11-8(6)12-5-7(10)13/h1-3H,4-5,9H2,(H2,10,13)(H,11,12). The average Bonchev–Trinajstić information content (AvgIpc) is 2.15. The fourth-order valence-corrected chi connectivity index (χ4v) is 0.933. The Labute approximate surface area is 76.1 Å². The molecule has 1 rings (SSSR count). The molecule has 1 aromatic rings. The summed E-state index contributed by atoms with van der Waals surface area (Å²) >= 11 is 0. The number of hydrogen-bond acceptors (Lipinski definition) is 4. The molecule has 0 radical (unpaired) electrons. The van der Waals surface area contributed by atoms with E-state index in [9.17, 15) is 4.79 Å². The first-order valence-electron chi connectivity index (χ1n) is 3.90. The highest BCUT2D eigenvalue weighted by atomic mass is 16.1. The summed E-state index contributed by atoms with van der Waals surface area (Å²) in [5, 5.41) is 2.80. The molecule has 0 saturated heterocycles. The summed E-state index contributed by atoms with van der Waals surface area (Å²) in [5.41, 5.74) is 11.3. The Balaban J connectivity index is 2.69. The third kappa shape index (κ3) is 2.72. The average molecular weight is 180 g/mol. The number of primary amides is 1. The van der Waals surface area contributed by atoms with Gasteiger partial charge in [-0.15, -0.1) is 0 Å². The molecule has 5 N–H and O–H groups in total. The summed E-state index contributed by atoms with van der Waals surface area (Å²) in [5.74, 6) is 0.192. The maximum atomic E-state index is 10.5. The first-order valence-corrected chi connectivity index (χ1v) is 3.90. The third-order valence-corrected chi connectivity index (χ3v) is 1.54. The van der Waals surface area contributed by atoms with Crippen LogP contribution in [0.4, 0.5) is 5.82 Å². The van der Waals surface area contributed by atoms with Crippen molar-refractivity contribution in [3.05, 3.63) is 23.9 Å². The SMILES string of the molecule is NCc1cccnc1NCC(N)=O. The Kier molecular flexibility index (Phi) is 3.22. The molecule has 0 bridgehead atoms. The topological polar surface area (TPSA) is 94.0 Å². The molecule has 0 aromatic carbocycles. The molecule has 13 heavy (non-hydrogen) atoms. The van der Waals surface area contributed by atoms with Gasteiger partial charge in [-0.3, -0.25) is 4.79 Å². The highest BCUT2D eigenvalue weighted by Crippen LogP contribution is 2.08. The van der Waals surface area contributed by atoms with Gasteiger partial charge in [0, 0.05) is 18.3 Å². The summed E-state index contributed by atoms with van der Waals surface area (Å²) in [6.07, 6.45) is 1.63. The Hall–Kier alpha value is -1.62. The molecule has 0 aliphatic heterocycles. The highest BCUT2D eigenvalue weighted by Gasteiger charge is 2.01. The van der Waals surface area contributed by atoms with Gasteiger partial charge in [0.25, 0.3) is 0 Å². The maximum Gasteiger partial charge on any atom is 0.236 e. The Morgan fingerprint density at radius 1 is 1.62 bits per heavy atom. The molecule has 5 nitrogen and oxygen atoms in total. The van der Waals surface area contributed by atoms with Crippen molar-refractivity contribution in [1.29, 1.82) is 0 Å². The van der Waals surface area contributed by atoms with Crippen LogP contribution in [-0.4, -0.2) is 17.4 Å². The lowest BCUT2D eigenvalue weighted by Gasteiger charge is -2.06. The summed E-state index contributed by atoms with van der Waals surface area (Å²) in [6.45, 7) is 0.457. The van der Waals surface area contributed by atoms with E-state index in [-0.39, 0.29) is 6.54 Å². The summed E-state index contributed by atoms with van der Waals surface area (Å²) < 4.78 is 0. The molecule has 1 amide bonds. The minimum absolute atomic E-state index is 0.0734. The van der Waals surface area contributed by atoms with Crippen LogP contribution in [0.15, 0.2) is 18.3 Å². The Bertz CT molecular complexity index is 300. The van der Waals surface area contributed by atoms with Crippen LogP contribution in [0.1, 0.15) is 5.56 Å². The molecule has 0 saturated carbocycles. The Morgan fingerprint density at radius 2 is 2.38 bits per heavy atom. The van der Waals surface area contributed by atoms with Gasteiger partial charge in [0.1, 0.15) is 5.82 Å². The predicted molar refractivity (Wildman–Crippen MR) is 49.8 cm³/mol. The summed E-state index contributed by atoms with van der Waals surface area (Å²) in [7, 11) is 0. The quantitative estimate of drug-likeness (QED) is 0.578. The number of nitrogens with two attached hydrogens (primary N) is 2. The van der Waals surface area contributed by atoms with E-state index in [4.69, 9.17) is 11.5 Å². The lowest BCUT2D eigenvalue weighted by atomic mass is 10.2. The number of aromatic nitrogens is 1. The molecular formula is C8H12N4O. The number of hydrogen-bond donors (Lipinski definition) is 3. The molecule has 0 spiro atoms. The fourth-order valence-electron chi connectivity index (χ4n) is 0.933.